The van der Waals surface area contributed by atoms with Crippen molar-refractivity contribution in [2.75, 3.05) is 19.7 Å². The number of benzene rings is 2. The molecule has 1 aliphatic heterocycles. The van der Waals surface area contributed by atoms with Gasteiger partial charge in [0, 0.05) is 19.6 Å². The fourth-order valence-corrected chi connectivity index (χ4v) is 4.73. The molecular weight excluding hydrogens is 376 g/mol. The van der Waals surface area contributed by atoms with E-state index in [9.17, 15) is 13.2 Å². The Balaban J connectivity index is 1.55. The van der Waals surface area contributed by atoms with Gasteiger partial charge in [0.1, 0.15) is 5.75 Å². The summed E-state index contributed by atoms with van der Waals surface area (Å²) in [5, 5.41) is 2.81. The van der Waals surface area contributed by atoms with Gasteiger partial charge in [-0.3, -0.25) is 4.79 Å². The van der Waals surface area contributed by atoms with Crippen molar-refractivity contribution >= 4 is 15.9 Å². The van der Waals surface area contributed by atoms with Crippen LogP contribution in [0.5, 0.6) is 5.75 Å². The quantitative estimate of drug-likeness (QED) is 0.773. The van der Waals surface area contributed by atoms with E-state index >= 15 is 0 Å². The van der Waals surface area contributed by atoms with Crippen LogP contribution in [0.4, 0.5) is 0 Å². The van der Waals surface area contributed by atoms with Gasteiger partial charge in [0.25, 0.3) is 5.91 Å². The van der Waals surface area contributed by atoms with Gasteiger partial charge < -0.3 is 10.1 Å². The number of aryl methyl sites for hydroxylation is 2. The fraction of sp³-hybridized carbons (Fsp3) is 0.381. The van der Waals surface area contributed by atoms with Crippen LogP contribution in [-0.4, -0.2) is 38.3 Å². The molecule has 0 atom stereocenters. The van der Waals surface area contributed by atoms with Crippen LogP contribution < -0.4 is 10.1 Å². The average Bonchev–Trinajstić information content (AvgIpc) is 3.22. The molecule has 1 saturated heterocycles. The lowest BCUT2D eigenvalue weighted by Crippen LogP contribution is -2.29. The van der Waals surface area contributed by atoms with Gasteiger partial charge in [-0.2, -0.15) is 4.31 Å². The van der Waals surface area contributed by atoms with E-state index in [0.29, 0.717) is 30.9 Å². The normalized spacial score (nSPS) is 14.8. The Morgan fingerprint density at radius 3 is 2.39 bits per heavy atom. The second-order valence-corrected chi connectivity index (χ2v) is 9.03. The van der Waals surface area contributed by atoms with Crippen LogP contribution in [0.2, 0.25) is 0 Å². The van der Waals surface area contributed by atoms with E-state index in [-0.39, 0.29) is 17.4 Å². The van der Waals surface area contributed by atoms with Crippen molar-refractivity contribution < 1.29 is 17.9 Å². The smallest absolute Gasteiger partial charge is 0.258 e. The van der Waals surface area contributed by atoms with Crippen molar-refractivity contribution in [3.8, 4) is 5.75 Å². The summed E-state index contributed by atoms with van der Waals surface area (Å²) in [6, 6.07) is 12.7. The summed E-state index contributed by atoms with van der Waals surface area (Å²) in [6.07, 6.45) is 1.80. The summed E-state index contributed by atoms with van der Waals surface area (Å²) in [5.74, 6) is 0.277. The molecule has 2 aromatic rings. The number of nitrogens with one attached hydrogen (secondary N) is 1. The predicted octanol–water partition coefficient (Wildman–Crippen LogP) is 2.78. The molecule has 3 rings (SSSR count). The third-order valence-corrected chi connectivity index (χ3v) is 6.71. The van der Waals surface area contributed by atoms with E-state index in [1.807, 2.05) is 31.2 Å². The zero-order valence-electron chi connectivity index (χ0n) is 16.3. The van der Waals surface area contributed by atoms with E-state index in [4.69, 9.17) is 4.74 Å². The molecule has 1 amide bonds. The van der Waals surface area contributed by atoms with Crippen LogP contribution in [0, 0.1) is 13.8 Å². The first-order valence-corrected chi connectivity index (χ1v) is 10.9. The molecule has 0 radical (unpaired) electrons. The first-order valence-electron chi connectivity index (χ1n) is 9.42. The number of ether oxygens (including phenoxy) is 1. The summed E-state index contributed by atoms with van der Waals surface area (Å²) in [4.78, 5) is 12.3. The molecule has 1 heterocycles. The lowest BCUT2D eigenvalue weighted by molar-refractivity contribution is -0.123. The Bertz CT molecular complexity index is 933. The van der Waals surface area contributed by atoms with Crippen molar-refractivity contribution in [1.82, 2.24) is 9.62 Å². The number of amides is 1. The average molecular weight is 403 g/mol. The van der Waals surface area contributed by atoms with Gasteiger partial charge in [-0.1, -0.05) is 29.8 Å². The maximum atomic E-state index is 12.6. The standard InChI is InChI=1S/C21H26N2O4S/c1-16-5-7-18(8-6-16)14-22-21(24)15-27-20-10-9-19(13-17(20)2)28(25,26)23-11-3-4-12-23/h5-10,13H,3-4,11-12,14-15H2,1-2H3,(H,22,24). The highest BCUT2D eigenvalue weighted by atomic mass is 32.2. The zero-order valence-corrected chi connectivity index (χ0v) is 17.1. The molecule has 6 nitrogen and oxygen atoms in total. The predicted molar refractivity (Wildman–Crippen MR) is 108 cm³/mol. The SMILES string of the molecule is Cc1ccc(CNC(=O)COc2ccc(S(=O)(=O)N3CCCC3)cc2C)cc1. The Labute approximate surface area is 166 Å². The Morgan fingerprint density at radius 2 is 1.75 bits per heavy atom. The summed E-state index contributed by atoms with van der Waals surface area (Å²) in [5.41, 5.74) is 2.88. The van der Waals surface area contributed by atoms with E-state index < -0.39 is 10.0 Å². The summed E-state index contributed by atoms with van der Waals surface area (Å²) in [6.45, 7) is 5.25. The van der Waals surface area contributed by atoms with Crippen molar-refractivity contribution in [3.05, 3.63) is 59.2 Å². The maximum absolute atomic E-state index is 12.6. The van der Waals surface area contributed by atoms with Gasteiger partial charge in [-0.25, -0.2) is 8.42 Å². The topological polar surface area (TPSA) is 75.7 Å². The largest absolute Gasteiger partial charge is 0.484 e. The maximum Gasteiger partial charge on any atom is 0.258 e. The molecule has 0 saturated carbocycles. The molecule has 0 spiro atoms. The molecule has 0 aliphatic carbocycles. The van der Waals surface area contributed by atoms with Gasteiger partial charge in [0.05, 0.1) is 4.90 Å². The molecule has 1 fully saturated rings. The minimum absolute atomic E-state index is 0.120. The molecule has 1 aliphatic rings. The first-order chi connectivity index (χ1) is 13.4. The molecule has 1 N–H and O–H groups in total. The molecule has 28 heavy (non-hydrogen) atoms. The Kier molecular flexibility index (Phi) is 6.36. The van der Waals surface area contributed by atoms with Crippen LogP contribution >= 0.6 is 0 Å². The second-order valence-electron chi connectivity index (χ2n) is 7.09. The number of nitrogens with zero attached hydrogens (tertiary/aromatic N) is 1. The Hall–Kier alpha value is -2.38. The lowest BCUT2D eigenvalue weighted by atomic mass is 10.1. The second kappa shape index (κ2) is 8.75. The molecule has 2 aromatic carbocycles. The van der Waals surface area contributed by atoms with Crippen molar-refractivity contribution in [2.45, 2.75) is 38.1 Å². The van der Waals surface area contributed by atoms with Crippen LogP contribution in [-0.2, 0) is 21.4 Å². The Morgan fingerprint density at radius 1 is 1.07 bits per heavy atom. The minimum Gasteiger partial charge on any atom is -0.484 e. The first kappa shape index (κ1) is 20.4. The van der Waals surface area contributed by atoms with E-state index in [0.717, 1.165) is 18.4 Å². The van der Waals surface area contributed by atoms with Gasteiger partial charge in [-0.05, 0) is 56.0 Å². The lowest BCUT2D eigenvalue weighted by Gasteiger charge is -2.17. The van der Waals surface area contributed by atoms with E-state index in [1.54, 1.807) is 25.1 Å². The summed E-state index contributed by atoms with van der Waals surface area (Å²) >= 11 is 0. The molecule has 7 heteroatoms. The van der Waals surface area contributed by atoms with Crippen molar-refractivity contribution in [3.63, 3.8) is 0 Å². The van der Waals surface area contributed by atoms with Gasteiger partial charge in [0.15, 0.2) is 6.61 Å². The highest BCUT2D eigenvalue weighted by Crippen LogP contribution is 2.26. The number of sulfonamides is 1. The zero-order chi connectivity index (χ0) is 20.1. The molecule has 0 unspecified atom stereocenters. The van der Waals surface area contributed by atoms with Crippen LogP contribution in [0.25, 0.3) is 0 Å². The van der Waals surface area contributed by atoms with Crippen LogP contribution in [0.15, 0.2) is 47.4 Å². The molecular formula is C21H26N2O4S. The monoisotopic (exact) mass is 402 g/mol. The number of rotatable bonds is 7. The molecule has 150 valence electrons. The number of carbonyl (C=O) groups excluding carboxylic acids is 1. The van der Waals surface area contributed by atoms with Gasteiger partial charge in [0.2, 0.25) is 10.0 Å². The van der Waals surface area contributed by atoms with E-state index in [2.05, 4.69) is 5.32 Å². The van der Waals surface area contributed by atoms with E-state index in [1.165, 1.54) is 9.87 Å². The number of carbonyl (C=O) groups is 1. The molecule has 0 aromatic heterocycles. The summed E-state index contributed by atoms with van der Waals surface area (Å²) < 4.78 is 32.3. The van der Waals surface area contributed by atoms with Gasteiger partial charge in [-0.15, -0.1) is 0 Å². The highest BCUT2D eigenvalue weighted by Gasteiger charge is 2.27. The van der Waals surface area contributed by atoms with Crippen molar-refractivity contribution in [1.29, 1.82) is 0 Å². The van der Waals surface area contributed by atoms with Crippen LogP contribution in [0.1, 0.15) is 29.5 Å². The third kappa shape index (κ3) is 4.91. The molecule has 0 bridgehead atoms. The highest BCUT2D eigenvalue weighted by molar-refractivity contribution is 7.89. The van der Waals surface area contributed by atoms with Crippen molar-refractivity contribution in [2.24, 2.45) is 0 Å². The number of hydrogen-bond donors (Lipinski definition) is 1. The van der Waals surface area contributed by atoms with Gasteiger partial charge >= 0.3 is 0 Å². The third-order valence-electron chi connectivity index (χ3n) is 4.82. The minimum atomic E-state index is -3.45. The van der Waals surface area contributed by atoms with Crippen LogP contribution in [0.3, 0.4) is 0 Å². The summed E-state index contributed by atoms with van der Waals surface area (Å²) in [7, 11) is -3.45. The fourth-order valence-electron chi connectivity index (χ4n) is 3.12. The number of hydrogen-bond acceptors (Lipinski definition) is 4.